The van der Waals surface area contributed by atoms with Crippen LogP contribution in [-0.4, -0.2) is 37.2 Å². The van der Waals surface area contributed by atoms with Gasteiger partial charge in [-0.15, -0.1) is 0 Å². The Labute approximate surface area is 411 Å². The second-order valence-electron chi connectivity index (χ2n) is 20.3. The fourth-order valence-corrected chi connectivity index (χ4v) is 9.03. The molecule has 0 radical (unpaired) electrons. The van der Waals surface area contributed by atoms with E-state index in [9.17, 15) is 14.4 Å². The average molecular weight is 932 g/mol. The second-order valence-corrected chi connectivity index (χ2v) is 20.3. The molecule has 0 spiro atoms. The zero-order chi connectivity index (χ0) is 47.9. The molecule has 0 bridgehead atoms. The summed E-state index contributed by atoms with van der Waals surface area (Å²) in [5.41, 5.74) is 0. The zero-order valence-corrected chi connectivity index (χ0v) is 44.7. The van der Waals surface area contributed by atoms with Crippen molar-refractivity contribution in [1.29, 1.82) is 0 Å². The van der Waals surface area contributed by atoms with Crippen LogP contribution >= 0.6 is 0 Å². The van der Waals surface area contributed by atoms with Crippen LogP contribution in [0.25, 0.3) is 0 Å². The largest absolute Gasteiger partial charge is 0.462 e. The van der Waals surface area contributed by atoms with Gasteiger partial charge in [-0.25, -0.2) is 0 Å². The lowest BCUT2D eigenvalue weighted by atomic mass is 10.0. The Morgan fingerprint density at radius 3 is 0.758 bits per heavy atom. The Kier molecular flexibility index (Phi) is 54.2. The molecule has 0 aliphatic heterocycles. The van der Waals surface area contributed by atoms with Gasteiger partial charge in [-0.2, -0.15) is 0 Å². The minimum atomic E-state index is -0.762. The van der Waals surface area contributed by atoms with E-state index in [1.54, 1.807) is 0 Å². The quantitative estimate of drug-likeness (QED) is 0.0262. The lowest BCUT2D eigenvalue weighted by molar-refractivity contribution is -0.167. The van der Waals surface area contributed by atoms with Crippen molar-refractivity contribution in [2.75, 3.05) is 13.2 Å². The van der Waals surface area contributed by atoms with E-state index in [1.165, 1.54) is 238 Å². The van der Waals surface area contributed by atoms with E-state index in [0.29, 0.717) is 19.3 Å². The minimum absolute atomic E-state index is 0.0638. The van der Waals surface area contributed by atoms with Crippen molar-refractivity contribution < 1.29 is 28.6 Å². The first-order valence-electron chi connectivity index (χ1n) is 29.7. The fourth-order valence-electron chi connectivity index (χ4n) is 9.03. The summed E-state index contributed by atoms with van der Waals surface area (Å²) in [4.78, 5) is 38.0. The number of esters is 3. The fraction of sp³-hybridized carbons (Fsp3) is 0.917. The molecule has 0 heterocycles. The molecule has 0 aliphatic rings. The molecule has 0 saturated heterocycles. The number of rotatable bonds is 55. The van der Waals surface area contributed by atoms with Gasteiger partial charge in [0.25, 0.3) is 0 Å². The van der Waals surface area contributed by atoms with Crippen molar-refractivity contribution in [2.24, 2.45) is 0 Å². The number of allylic oxidation sites excluding steroid dienone is 2. The van der Waals surface area contributed by atoms with Gasteiger partial charge >= 0.3 is 17.9 Å². The highest BCUT2D eigenvalue weighted by atomic mass is 16.6. The van der Waals surface area contributed by atoms with Crippen LogP contribution in [0.1, 0.15) is 335 Å². The summed E-state index contributed by atoms with van der Waals surface area (Å²) >= 11 is 0. The molecule has 0 amide bonds. The number of hydrogen-bond donors (Lipinski definition) is 0. The Bertz CT molecular complexity index is 1020. The van der Waals surface area contributed by atoms with Crippen molar-refractivity contribution >= 4 is 17.9 Å². The van der Waals surface area contributed by atoms with Crippen LogP contribution in [0.2, 0.25) is 0 Å². The van der Waals surface area contributed by atoms with E-state index in [2.05, 4.69) is 32.9 Å². The highest BCUT2D eigenvalue weighted by molar-refractivity contribution is 5.71. The summed E-state index contributed by atoms with van der Waals surface area (Å²) in [5, 5.41) is 0. The topological polar surface area (TPSA) is 78.9 Å². The monoisotopic (exact) mass is 931 g/mol. The molecule has 390 valence electrons. The van der Waals surface area contributed by atoms with Gasteiger partial charge in [0.15, 0.2) is 6.10 Å². The molecule has 66 heavy (non-hydrogen) atoms. The van der Waals surface area contributed by atoms with Crippen LogP contribution in [-0.2, 0) is 28.6 Å². The summed E-state index contributed by atoms with van der Waals surface area (Å²) in [6.45, 7) is 6.67. The van der Waals surface area contributed by atoms with Crippen molar-refractivity contribution in [1.82, 2.24) is 0 Å². The van der Waals surface area contributed by atoms with Gasteiger partial charge in [-0.05, 0) is 44.9 Å². The maximum atomic E-state index is 12.8. The second kappa shape index (κ2) is 55.7. The summed E-state index contributed by atoms with van der Waals surface area (Å²) in [5.74, 6) is -0.845. The molecule has 0 rings (SSSR count). The average Bonchev–Trinajstić information content (AvgIpc) is 3.31. The van der Waals surface area contributed by atoms with E-state index in [1.807, 2.05) is 0 Å². The number of carbonyl (C=O) groups is 3. The molecule has 0 aromatic heterocycles. The van der Waals surface area contributed by atoms with Crippen LogP contribution in [0, 0.1) is 0 Å². The van der Waals surface area contributed by atoms with Crippen molar-refractivity contribution in [3.05, 3.63) is 12.2 Å². The number of carbonyl (C=O) groups excluding carboxylic acids is 3. The number of hydrogen-bond acceptors (Lipinski definition) is 6. The molecule has 0 aromatic carbocycles. The van der Waals surface area contributed by atoms with Gasteiger partial charge in [0.2, 0.25) is 0 Å². The zero-order valence-electron chi connectivity index (χ0n) is 44.7. The lowest BCUT2D eigenvalue weighted by Gasteiger charge is -2.18. The van der Waals surface area contributed by atoms with Crippen LogP contribution in [0.5, 0.6) is 0 Å². The van der Waals surface area contributed by atoms with E-state index in [0.717, 1.165) is 57.8 Å². The third kappa shape index (κ3) is 53.1. The van der Waals surface area contributed by atoms with Crippen molar-refractivity contribution in [3.8, 4) is 0 Å². The summed E-state index contributed by atoms with van der Waals surface area (Å²) in [7, 11) is 0. The molecule has 0 fully saturated rings. The first-order chi connectivity index (χ1) is 32.5. The Hall–Kier alpha value is -1.85. The SMILES string of the molecule is CCCCCCCCCC/C=C\CCCCCCCCCCCCCCCCCC(=O)OCC(COC(=O)CCCCCCCCCCCC)OC(=O)CCCCCCCCCCCCC. The summed E-state index contributed by atoms with van der Waals surface area (Å²) in [6, 6.07) is 0. The summed E-state index contributed by atoms with van der Waals surface area (Å²) in [6.07, 6.45) is 63.7. The van der Waals surface area contributed by atoms with E-state index >= 15 is 0 Å². The highest BCUT2D eigenvalue weighted by Gasteiger charge is 2.19. The van der Waals surface area contributed by atoms with Crippen molar-refractivity contribution in [2.45, 2.75) is 341 Å². The molecule has 0 aliphatic carbocycles. The van der Waals surface area contributed by atoms with E-state index in [-0.39, 0.29) is 31.1 Å². The first kappa shape index (κ1) is 64.2. The van der Waals surface area contributed by atoms with E-state index < -0.39 is 6.10 Å². The first-order valence-corrected chi connectivity index (χ1v) is 29.7. The van der Waals surface area contributed by atoms with Gasteiger partial charge in [-0.1, -0.05) is 283 Å². The molecule has 6 nitrogen and oxygen atoms in total. The predicted molar refractivity (Wildman–Crippen MR) is 284 cm³/mol. The normalized spacial score (nSPS) is 12.0. The highest BCUT2D eigenvalue weighted by Crippen LogP contribution is 2.17. The third-order valence-corrected chi connectivity index (χ3v) is 13.5. The molecule has 1 atom stereocenters. The number of ether oxygens (including phenoxy) is 3. The predicted octanol–water partition coefficient (Wildman–Crippen LogP) is 19.7. The van der Waals surface area contributed by atoms with Gasteiger partial charge in [-0.3, -0.25) is 14.4 Å². The van der Waals surface area contributed by atoms with Gasteiger partial charge < -0.3 is 14.2 Å². The molecule has 0 saturated carbocycles. The molecular weight excluding hydrogens is 817 g/mol. The van der Waals surface area contributed by atoms with Gasteiger partial charge in [0, 0.05) is 19.3 Å². The molecule has 6 heteroatoms. The molecular formula is C60H114O6. The van der Waals surface area contributed by atoms with Crippen LogP contribution in [0.4, 0.5) is 0 Å². The Balaban J connectivity index is 4.06. The maximum absolute atomic E-state index is 12.8. The number of unbranched alkanes of at least 4 members (excludes halogenated alkanes) is 42. The van der Waals surface area contributed by atoms with Crippen LogP contribution in [0.3, 0.4) is 0 Å². The standard InChI is InChI=1S/C60H114O6/c1-4-7-10-13-16-19-22-23-24-25-26-27-28-29-30-31-32-33-34-35-36-37-39-41-44-47-50-53-59(62)65-56-57(55-64-58(61)52-49-46-43-40-21-18-15-12-9-6-3)66-60(63)54-51-48-45-42-38-20-17-14-11-8-5-2/h25-26,57H,4-24,27-56H2,1-3H3/b26-25-. The van der Waals surface area contributed by atoms with E-state index in [4.69, 9.17) is 14.2 Å². The van der Waals surface area contributed by atoms with Crippen LogP contribution in [0.15, 0.2) is 12.2 Å². The van der Waals surface area contributed by atoms with Crippen molar-refractivity contribution in [3.63, 3.8) is 0 Å². The molecule has 0 N–H and O–H groups in total. The Morgan fingerprint density at radius 1 is 0.288 bits per heavy atom. The van der Waals surface area contributed by atoms with Gasteiger partial charge in [0.05, 0.1) is 0 Å². The molecule has 0 aromatic rings. The maximum Gasteiger partial charge on any atom is 0.306 e. The van der Waals surface area contributed by atoms with Gasteiger partial charge in [0.1, 0.15) is 13.2 Å². The van der Waals surface area contributed by atoms with Crippen LogP contribution < -0.4 is 0 Å². The molecule has 1 unspecified atom stereocenters. The third-order valence-electron chi connectivity index (χ3n) is 13.5. The smallest absolute Gasteiger partial charge is 0.306 e. The summed E-state index contributed by atoms with van der Waals surface area (Å²) < 4.78 is 16.8. The minimum Gasteiger partial charge on any atom is -0.462 e. The Morgan fingerprint density at radius 2 is 0.500 bits per heavy atom. The lowest BCUT2D eigenvalue weighted by Crippen LogP contribution is -2.30.